The number of halogens is 2. The van der Waals surface area contributed by atoms with Crippen LogP contribution >= 0.6 is 23.2 Å². The molecule has 108 valence electrons. The Morgan fingerprint density at radius 2 is 2.05 bits per heavy atom. The molecule has 0 bridgehead atoms. The summed E-state index contributed by atoms with van der Waals surface area (Å²) in [6.07, 6.45) is 2.23. The molecule has 1 heterocycles. The van der Waals surface area contributed by atoms with Crippen molar-refractivity contribution in [3.63, 3.8) is 0 Å². The second kappa shape index (κ2) is 6.31. The Morgan fingerprint density at radius 1 is 1.32 bits per heavy atom. The Bertz CT molecular complexity index is 962. The van der Waals surface area contributed by atoms with Gasteiger partial charge in [-0.15, -0.1) is 0 Å². The third kappa shape index (κ3) is 2.94. The fourth-order valence-electron chi connectivity index (χ4n) is 1.61. The van der Waals surface area contributed by atoms with Gasteiger partial charge in [-0.3, -0.25) is 4.79 Å². The molecule has 22 heavy (non-hydrogen) atoms. The van der Waals surface area contributed by atoms with Crippen LogP contribution in [0.15, 0.2) is 44.0 Å². The first-order chi connectivity index (χ1) is 10.5. The molecular weight excluding hydrogens is 327 g/mol. The van der Waals surface area contributed by atoms with E-state index in [9.17, 15) is 4.79 Å². The van der Waals surface area contributed by atoms with Gasteiger partial charge in [-0.1, -0.05) is 23.2 Å². The second-order valence-electron chi connectivity index (χ2n) is 4.03. The van der Waals surface area contributed by atoms with E-state index in [1.165, 1.54) is 12.1 Å². The van der Waals surface area contributed by atoms with E-state index in [0.29, 0.717) is 0 Å². The Balaban J connectivity index is 2.61. The molecule has 2 rings (SSSR count). The topological polar surface area (TPSA) is 116 Å². The summed E-state index contributed by atoms with van der Waals surface area (Å²) in [6, 6.07) is 6.12. The van der Waals surface area contributed by atoms with Gasteiger partial charge in [0.25, 0.3) is 0 Å². The molecule has 0 aliphatic rings. The molecule has 2 aromatic rings. The summed E-state index contributed by atoms with van der Waals surface area (Å²) in [4.78, 5) is 16.0. The smallest absolute Gasteiger partial charge is 0.201 e. The first kappa shape index (κ1) is 15.6. The minimum atomic E-state index is -0.429. The van der Waals surface area contributed by atoms with Gasteiger partial charge in [0.1, 0.15) is 24.1 Å². The van der Waals surface area contributed by atoms with Gasteiger partial charge in [0, 0.05) is 11.2 Å². The molecule has 8 heteroatoms. The molecule has 0 saturated carbocycles. The van der Waals surface area contributed by atoms with E-state index in [1.54, 1.807) is 12.1 Å². The maximum absolute atomic E-state index is 12.3. The van der Waals surface area contributed by atoms with Gasteiger partial charge in [-0.2, -0.15) is 10.5 Å². The molecular formula is C14H6Cl2N4O2. The van der Waals surface area contributed by atoms with Crippen molar-refractivity contribution < 1.29 is 4.42 Å². The number of nitriles is 2. The molecule has 0 spiro atoms. The standard InChI is InChI=1S/C14H6Cl2N4O2/c15-8-1-9-13(21)7(6-22-14(9)10(16)2-8)5-20-12(4-18)11(19)3-17/h1-2,5-6H,19H2. The van der Waals surface area contributed by atoms with Gasteiger partial charge in [0.05, 0.1) is 16.0 Å². The van der Waals surface area contributed by atoms with Gasteiger partial charge in [-0.05, 0) is 12.1 Å². The van der Waals surface area contributed by atoms with Crippen molar-refractivity contribution in [3.05, 3.63) is 55.6 Å². The van der Waals surface area contributed by atoms with Gasteiger partial charge < -0.3 is 10.2 Å². The van der Waals surface area contributed by atoms with E-state index < -0.39 is 5.43 Å². The van der Waals surface area contributed by atoms with Gasteiger partial charge >= 0.3 is 0 Å². The number of nitrogens with zero attached hydrogens (tertiary/aromatic N) is 3. The first-order valence-electron chi connectivity index (χ1n) is 5.72. The summed E-state index contributed by atoms with van der Waals surface area (Å²) in [5.74, 6) is 0. The largest absolute Gasteiger partial charge is 0.462 e. The number of allylic oxidation sites excluding steroid dienone is 2. The second-order valence-corrected chi connectivity index (χ2v) is 4.87. The minimum absolute atomic E-state index is 0.0596. The molecule has 1 aromatic carbocycles. The lowest BCUT2D eigenvalue weighted by Gasteiger charge is -2.01. The van der Waals surface area contributed by atoms with E-state index in [2.05, 4.69) is 4.99 Å². The number of hydrogen-bond donors (Lipinski definition) is 1. The summed E-state index contributed by atoms with van der Waals surface area (Å²) in [6.45, 7) is 0. The number of fused-ring (bicyclic) bond motifs is 1. The van der Waals surface area contributed by atoms with Crippen LogP contribution in [0.25, 0.3) is 11.0 Å². The molecule has 0 atom stereocenters. The average Bonchev–Trinajstić information content (AvgIpc) is 2.50. The monoisotopic (exact) mass is 332 g/mol. The van der Waals surface area contributed by atoms with Crippen molar-refractivity contribution in [1.29, 1.82) is 10.5 Å². The molecule has 0 fully saturated rings. The minimum Gasteiger partial charge on any atom is -0.462 e. The van der Waals surface area contributed by atoms with Crippen molar-refractivity contribution in [3.8, 4) is 12.1 Å². The van der Waals surface area contributed by atoms with Crippen molar-refractivity contribution >= 4 is 40.4 Å². The molecule has 0 saturated heterocycles. The fourth-order valence-corrected chi connectivity index (χ4v) is 2.15. The van der Waals surface area contributed by atoms with Gasteiger partial charge in [0.2, 0.25) is 5.43 Å². The molecule has 0 aliphatic carbocycles. The lowest BCUT2D eigenvalue weighted by Crippen LogP contribution is -2.08. The Kier molecular flexibility index (Phi) is 4.47. The van der Waals surface area contributed by atoms with E-state index >= 15 is 0 Å². The Morgan fingerprint density at radius 3 is 2.68 bits per heavy atom. The van der Waals surface area contributed by atoms with Crippen molar-refractivity contribution in [2.75, 3.05) is 0 Å². The van der Waals surface area contributed by atoms with Crippen molar-refractivity contribution in [2.24, 2.45) is 10.7 Å². The molecule has 0 radical (unpaired) electrons. The first-order valence-corrected chi connectivity index (χ1v) is 6.48. The maximum Gasteiger partial charge on any atom is 0.201 e. The van der Waals surface area contributed by atoms with Crippen LogP contribution in [0, 0.1) is 22.7 Å². The summed E-state index contributed by atoms with van der Waals surface area (Å²) < 4.78 is 5.29. The number of aliphatic imine (C=N–C) groups is 1. The highest BCUT2D eigenvalue weighted by molar-refractivity contribution is 6.38. The van der Waals surface area contributed by atoms with E-state index in [-0.39, 0.29) is 38.0 Å². The lowest BCUT2D eigenvalue weighted by atomic mass is 10.2. The summed E-state index contributed by atoms with van der Waals surface area (Å²) in [5.41, 5.74) is 4.48. The van der Waals surface area contributed by atoms with E-state index in [0.717, 1.165) is 12.5 Å². The predicted octanol–water partition coefficient (Wildman–Crippen LogP) is 2.74. The molecule has 1 aromatic heterocycles. The van der Waals surface area contributed by atoms with Crippen molar-refractivity contribution in [2.45, 2.75) is 0 Å². The Hall–Kier alpha value is -2.80. The van der Waals surface area contributed by atoms with Crippen LogP contribution in [0.5, 0.6) is 0 Å². The highest BCUT2D eigenvalue weighted by Gasteiger charge is 2.10. The SMILES string of the molecule is N#CC(N)=C(C#N)N=Cc1coc2c(Cl)cc(Cl)cc2c1=O. The van der Waals surface area contributed by atoms with Crippen LogP contribution < -0.4 is 11.2 Å². The van der Waals surface area contributed by atoms with Gasteiger partial charge in [-0.25, -0.2) is 4.99 Å². The van der Waals surface area contributed by atoms with Crippen LogP contribution in [0.1, 0.15) is 5.56 Å². The van der Waals surface area contributed by atoms with E-state index in [4.69, 9.17) is 43.9 Å². The highest BCUT2D eigenvalue weighted by atomic mass is 35.5. The fraction of sp³-hybridized carbons (Fsp3) is 0. The molecule has 0 amide bonds. The number of hydrogen-bond acceptors (Lipinski definition) is 6. The number of benzene rings is 1. The van der Waals surface area contributed by atoms with Crippen LogP contribution in [-0.2, 0) is 0 Å². The predicted molar refractivity (Wildman–Crippen MR) is 82.5 cm³/mol. The molecule has 0 unspecified atom stereocenters. The Labute approximate surface area is 134 Å². The maximum atomic E-state index is 12.3. The summed E-state index contributed by atoms with van der Waals surface area (Å²) >= 11 is 11.8. The summed E-state index contributed by atoms with van der Waals surface area (Å²) in [7, 11) is 0. The van der Waals surface area contributed by atoms with Crippen LogP contribution in [0.4, 0.5) is 0 Å². The van der Waals surface area contributed by atoms with Gasteiger partial charge in [0.15, 0.2) is 11.3 Å². The van der Waals surface area contributed by atoms with Crippen LogP contribution in [0.3, 0.4) is 0 Å². The van der Waals surface area contributed by atoms with Crippen LogP contribution in [0.2, 0.25) is 10.0 Å². The quantitative estimate of drug-likeness (QED) is 0.670. The zero-order valence-corrected chi connectivity index (χ0v) is 12.3. The lowest BCUT2D eigenvalue weighted by molar-refractivity contribution is 0.601. The van der Waals surface area contributed by atoms with E-state index in [1.807, 2.05) is 0 Å². The average molecular weight is 333 g/mol. The third-order valence-electron chi connectivity index (χ3n) is 2.63. The van der Waals surface area contributed by atoms with Crippen molar-refractivity contribution in [1.82, 2.24) is 0 Å². The number of nitrogens with two attached hydrogens (primary N) is 1. The molecule has 2 N–H and O–H groups in total. The normalized spacial score (nSPS) is 12.0. The third-order valence-corrected chi connectivity index (χ3v) is 3.13. The number of rotatable bonds is 2. The highest BCUT2D eigenvalue weighted by Crippen LogP contribution is 2.26. The van der Waals surface area contributed by atoms with Crippen LogP contribution in [-0.4, -0.2) is 6.21 Å². The molecule has 0 aliphatic heterocycles. The zero-order valence-electron chi connectivity index (χ0n) is 10.8. The zero-order chi connectivity index (χ0) is 16.3. The summed E-state index contributed by atoms with van der Waals surface area (Å²) in [5, 5.41) is 18.1. The molecule has 6 nitrogen and oxygen atoms in total.